The molecule has 0 bridgehead atoms. The molecule has 0 aliphatic carbocycles. The number of ether oxygens (including phenoxy) is 1. The lowest BCUT2D eigenvalue weighted by Crippen LogP contribution is -2.59. The number of alkyl halides is 4. The average Bonchev–Trinajstić information content (AvgIpc) is 3.63. The molecule has 5 heterocycles. The molecule has 0 spiro atoms. The summed E-state index contributed by atoms with van der Waals surface area (Å²) in [6, 6.07) is 3.78. The number of nitrogens with two attached hydrogens (primary N) is 1. The fourth-order valence-electron chi connectivity index (χ4n) is 7.17. The number of nitrogens with zero attached hydrogens (tertiary/aromatic N) is 5. The van der Waals surface area contributed by atoms with E-state index in [1.807, 2.05) is 4.90 Å². The van der Waals surface area contributed by atoms with Crippen LogP contribution in [0.5, 0.6) is 6.01 Å². The highest BCUT2D eigenvalue weighted by Gasteiger charge is 2.49. The molecule has 4 aromatic rings. The van der Waals surface area contributed by atoms with Crippen LogP contribution in [0.15, 0.2) is 18.2 Å². The molecule has 0 unspecified atom stereocenters. The predicted molar refractivity (Wildman–Crippen MR) is 163 cm³/mol. The summed E-state index contributed by atoms with van der Waals surface area (Å²) in [5.74, 6) is -2.54. The van der Waals surface area contributed by atoms with Crippen LogP contribution in [0.3, 0.4) is 0 Å². The smallest absolute Gasteiger partial charge is 0.417 e. The van der Waals surface area contributed by atoms with Gasteiger partial charge in [-0.1, -0.05) is 6.07 Å². The number of hydrogen-bond donors (Lipinski definition) is 2. The lowest BCUT2D eigenvalue weighted by Gasteiger charge is -2.40. The van der Waals surface area contributed by atoms with Gasteiger partial charge < -0.3 is 20.7 Å². The zero-order valence-electron chi connectivity index (χ0n) is 24.8. The Kier molecular flexibility index (Phi) is 7.39. The summed E-state index contributed by atoms with van der Waals surface area (Å²) < 4.78 is 96.2. The van der Waals surface area contributed by atoms with Crippen molar-refractivity contribution in [2.75, 3.05) is 43.4 Å². The van der Waals surface area contributed by atoms with Crippen LogP contribution in [-0.4, -0.2) is 71.3 Å². The summed E-state index contributed by atoms with van der Waals surface area (Å²) in [4.78, 5) is 23.8. The molecule has 246 valence electrons. The van der Waals surface area contributed by atoms with Crippen LogP contribution in [0.2, 0.25) is 0 Å². The van der Waals surface area contributed by atoms with Crippen molar-refractivity contribution < 1.29 is 35.9 Å². The number of benzene rings is 2. The maximum absolute atomic E-state index is 16.8. The highest BCUT2D eigenvalue weighted by Crippen LogP contribution is 2.48. The van der Waals surface area contributed by atoms with Crippen LogP contribution in [0.4, 0.5) is 37.2 Å². The van der Waals surface area contributed by atoms with E-state index in [0.717, 1.165) is 24.6 Å². The normalized spacial score (nSPS) is 21.7. The zero-order valence-corrected chi connectivity index (χ0v) is 25.7. The van der Waals surface area contributed by atoms with E-state index in [2.05, 4.69) is 15.3 Å². The molecule has 9 nitrogen and oxygen atoms in total. The summed E-state index contributed by atoms with van der Waals surface area (Å²) in [7, 11) is 0. The number of nitriles is 1. The van der Waals surface area contributed by atoms with Crippen molar-refractivity contribution in [3.63, 3.8) is 0 Å². The molecule has 3 fully saturated rings. The molecule has 3 N–H and O–H groups in total. The van der Waals surface area contributed by atoms with Gasteiger partial charge in [-0.15, -0.1) is 11.3 Å². The van der Waals surface area contributed by atoms with Gasteiger partial charge in [-0.2, -0.15) is 28.4 Å². The number of rotatable bonds is 6. The van der Waals surface area contributed by atoms with E-state index < -0.39 is 46.2 Å². The van der Waals surface area contributed by atoms with Crippen LogP contribution < -0.4 is 20.7 Å². The van der Waals surface area contributed by atoms with Gasteiger partial charge in [-0.3, -0.25) is 9.69 Å². The fourth-order valence-corrected chi connectivity index (χ4v) is 8.12. The van der Waals surface area contributed by atoms with Gasteiger partial charge in [0.15, 0.2) is 5.82 Å². The van der Waals surface area contributed by atoms with Gasteiger partial charge in [0.1, 0.15) is 41.0 Å². The third kappa shape index (κ3) is 5.16. The third-order valence-electron chi connectivity index (χ3n) is 9.21. The second kappa shape index (κ2) is 11.1. The van der Waals surface area contributed by atoms with Crippen LogP contribution in [0.25, 0.3) is 32.1 Å². The molecule has 2 aromatic heterocycles. The first-order valence-electron chi connectivity index (χ1n) is 14.9. The minimum atomic E-state index is -5.10. The number of carbonyl (C=O) groups is 1. The van der Waals surface area contributed by atoms with Gasteiger partial charge in [0.2, 0.25) is 5.91 Å². The highest BCUT2D eigenvalue weighted by atomic mass is 32.1. The standard InChI is InChI=1S/C31H27F6N7O2S/c1-14(45)40-16-11-43(12-16)28-18-7-20(31(35,36)37)23(17-3-4-21(33)26-22(17)19(9-38)27(39)47-26)24(34)25(18)41-29(42-28)46-13-30-5-2-6-44(30)10-15(32)8-30/h3-4,7,15-16H,2,5-6,8,10-13,39H2,1H3,(H,40,45)/t15-,30+/m1/s1. The molecule has 0 radical (unpaired) electrons. The van der Waals surface area contributed by atoms with E-state index in [4.69, 9.17) is 10.5 Å². The Labute approximate surface area is 267 Å². The van der Waals surface area contributed by atoms with Gasteiger partial charge >= 0.3 is 12.2 Å². The second-order valence-electron chi connectivity index (χ2n) is 12.3. The van der Waals surface area contributed by atoms with Crippen LogP contribution in [-0.2, 0) is 11.0 Å². The fraction of sp³-hybridized carbons (Fsp3) is 0.419. The third-order valence-corrected chi connectivity index (χ3v) is 10.2. The molecule has 0 saturated carbocycles. The number of anilines is 2. The van der Waals surface area contributed by atoms with Crippen molar-refractivity contribution in [2.45, 2.75) is 50.1 Å². The molecule has 16 heteroatoms. The molecule has 3 aliphatic heterocycles. The van der Waals surface area contributed by atoms with E-state index in [9.17, 15) is 32.0 Å². The van der Waals surface area contributed by atoms with E-state index in [-0.39, 0.29) is 88.0 Å². The Morgan fingerprint density at radius 3 is 2.72 bits per heavy atom. The molecular formula is C31H27F6N7O2S. The SMILES string of the molecule is CC(=O)NC1CN(c2nc(OC[C@@]34CCCN3C[C@H](F)C4)nc3c(F)c(-c4ccc(F)c5sc(N)c(C#N)c45)c(C(F)(F)F)cc23)C1. The molecule has 3 saturated heterocycles. The number of nitrogen functional groups attached to an aromatic ring is 1. The lowest BCUT2D eigenvalue weighted by molar-refractivity contribution is -0.137. The molecular weight excluding hydrogens is 648 g/mol. The van der Waals surface area contributed by atoms with E-state index in [0.29, 0.717) is 24.3 Å². The van der Waals surface area contributed by atoms with Gasteiger partial charge in [-0.25, -0.2) is 13.2 Å². The number of halogens is 6. The molecule has 1 amide bonds. The number of hydrogen-bond acceptors (Lipinski definition) is 9. The number of aromatic nitrogens is 2. The number of nitrogens with one attached hydrogen (secondary N) is 1. The van der Waals surface area contributed by atoms with Crippen molar-refractivity contribution in [3.8, 4) is 23.2 Å². The lowest BCUT2D eigenvalue weighted by atomic mass is 9.92. The first-order valence-corrected chi connectivity index (χ1v) is 15.7. The minimum absolute atomic E-state index is 0.0136. The predicted octanol–water partition coefficient (Wildman–Crippen LogP) is 5.54. The average molecular weight is 676 g/mol. The quantitative estimate of drug-likeness (QED) is 0.256. The van der Waals surface area contributed by atoms with E-state index in [1.165, 1.54) is 6.92 Å². The Morgan fingerprint density at radius 2 is 2.02 bits per heavy atom. The van der Waals surface area contributed by atoms with Crippen molar-refractivity contribution >= 4 is 49.1 Å². The summed E-state index contributed by atoms with van der Waals surface area (Å²) in [5, 5.41) is 11.8. The highest BCUT2D eigenvalue weighted by molar-refractivity contribution is 7.23. The first-order chi connectivity index (χ1) is 22.3. The van der Waals surface area contributed by atoms with Gasteiger partial charge in [0.25, 0.3) is 0 Å². The van der Waals surface area contributed by atoms with E-state index >= 15 is 4.39 Å². The van der Waals surface area contributed by atoms with Gasteiger partial charge in [-0.05, 0) is 37.1 Å². The molecule has 2 aromatic carbocycles. The van der Waals surface area contributed by atoms with Crippen LogP contribution in [0.1, 0.15) is 37.3 Å². The Hall–Kier alpha value is -4.36. The molecule has 47 heavy (non-hydrogen) atoms. The summed E-state index contributed by atoms with van der Waals surface area (Å²) in [6.07, 6.45) is -4.42. The Morgan fingerprint density at radius 1 is 1.26 bits per heavy atom. The number of amides is 1. The van der Waals surface area contributed by atoms with Crippen molar-refractivity contribution in [2.24, 2.45) is 0 Å². The van der Waals surface area contributed by atoms with Gasteiger partial charge in [0, 0.05) is 49.3 Å². The summed E-state index contributed by atoms with van der Waals surface area (Å²) >= 11 is 0.675. The maximum atomic E-state index is 16.8. The van der Waals surface area contributed by atoms with Crippen molar-refractivity contribution in [3.05, 3.63) is 41.0 Å². The monoisotopic (exact) mass is 675 g/mol. The molecule has 3 aliphatic rings. The van der Waals surface area contributed by atoms with E-state index in [1.54, 1.807) is 11.0 Å². The minimum Gasteiger partial charge on any atom is -0.461 e. The Bertz CT molecular complexity index is 1990. The van der Waals surface area contributed by atoms with Crippen LogP contribution in [0, 0.1) is 23.0 Å². The molecule has 2 atom stereocenters. The van der Waals surface area contributed by atoms with Gasteiger partial charge in [0.05, 0.1) is 27.4 Å². The Balaban J connectivity index is 1.42. The molecule has 7 rings (SSSR count). The largest absolute Gasteiger partial charge is 0.461 e. The topological polar surface area (TPSA) is 120 Å². The summed E-state index contributed by atoms with van der Waals surface area (Å²) in [5.41, 5.74) is 1.84. The number of carbonyl (C=O) groups excluding carboxylic acids is 1. The van der Waals surface area contributed by atoms with Crippen molar-refractivity contribution in [1.29, 1.82) is 5.26 Å². The van der Waals surface area contributed by atoms with Crippen molar-refractivity contribution in [1.82, 2.24) is 20.2 Å². The van der Waals surface area contributed by atoms with Crippen LogP contribution >= 0.6 is 11.3 Å². The number of thiophene rings is 1. The summed E-state index contributed by atoms with van der Waals surface area (Å²) in [6.45, 7) is 2.62. The number of fused-ring (bicyclic) bond motifs is 3. The second-order valence-corrected chi connectivity index (χ2v) is 13.3. The maximum Gasteiger partial charge on any atom is 0.417 e. The first kappa shape index (κ1) is 31.3. The zero-order chi connectivity index (χ0) is 33.4.